The number of aromatic nitrogens is 2. The van der Waals surface area contributed by atoms with Gasteiger partial charge in [0.25, 0.3) is 10.0 Å². The van der Waals surface area contributed by atoms with Crippen LogP contribution in [0.3, 0.4) is 0 Å². The molecule has 0 aliphatic heterocycles. The fourth-order valence-electron chi connectivity index (χ4n) is 1.19. The third-order valence-corrected chi connectivity index (χ3v) is 3.47. The molecule has 88 valence electrons. The highest BCUT2D eigenvalue weighted by Gasteiger charge is 2.14. The molecule has 2 aromatic rings. The van der Waals surface area contributed by atoms with Crippen LogP contribution in [0.25, 0.3) is 0 Å². The van der Waals surface area contributed by atoms with Crippen molar-refractivity contribution in [2.24, 2.45) is 0 Å². The van der Waals surface area contributed by atoms with E-state index in [1.807, 2.05) is 0 Å². The summed E-state index contributed by atoms with van der Waals surface area (Å²) in [6.45, 7) is 0. The highest BCUT2D eigenvalue weighted by atomic mass is 35.5. The Kier molecular flexibility index (Phi) is 3.26. The molecule has 1 aromatic carbocycles. The SMILES string of the molecule is O=S(=O)(Nc1ccnc(Cl)n1)c1ccccc1. The van der Waals surface area contributed by atoms with E-state index in [9.17, 15) is 8.42 Å². The van der Waals surface area contributed by atoms with Crippen LogP contribution in [0.1, 0.15) is 0 Å². The number of anilines is 1. The fraction of sp³-hybridized carbons (Fsp3) is 0. The summed E-state index contributed by atoms with van der Waals surface area (Å²) in [5, 5.41) is -0.0155. The lowest BCUT2D eigenvalue weighted by molar-refractivity contribution is 0.601. The Morgan fingerprint density at radius 1 is 1.12 bits per heavy atom. The summed E-state index contributed by atoms with van der Waals surface area (Å²) < 4.78 is 26.1. The smallest absolute Gasteiger partial charge is 0.263 e. The van der Waals surface area contributed by atoms with Gasteiger partial charge in [0.05, 0.1) is 4.90 Å². The Balaban J connectivity index is 2.30. The number of sulfonamides is 1. The van der Waals surface area contributed by atoms with Gasteiger partial charge >= 0.3 is 0 Å². The number of nitrogens with zero attached hydrogens (tertiary/aromatic N) is 2. The predicted molar refractivity (Wildman–Crippen MR) is 64.3 cm³/mol. The molecule has 0 fully saturated rings. The number of benzene rings is 1. The molecule has 0 spiro atoms. The lowest BCUT2D eigenvalue weighted by Crippen LogP contribution is -2.13. The minimum atomic E-state index is -3.63. The van der Waals surface area contributed by atoms with Gasteiger partial charge in [-0.3, -0.25) is 4.72 Å². The molecule has 1 N–H and O–H groups in total. The third kappa shape index (κ3) is 2.92. The Bertz CT molecular complexity index is 616. The van der Waals surface area contributed by atoms with Crippen LogP contribution in [0.5, 0.6) is 0 Å². The molecular formula is C10H8ClN3O2S. The number of rotatable bonds is 3. The normalized spacial score (nSPS) is 11.1. The molecule has 0 aliphatic carbocycles. The summed E-state index contributed by atoms with van der Waals surface area (Å²) in [6, 6.07) is 9.42. The molecule has 17 heavy (non-hydrogen) atoms. The molecule has 1 aromatic heterocycles. The van der Waals surface area contributed by atoms with Gasteiger partial charge in [0.1, 0.15) is 5.82 Å². The van der Waals surface area contributed by atoms with Crippen LogP contribution >= 0.6 is 11.6 Å². The van der Waals surface area contributed by atoms with E-state index in [1.54, 1.807) is 18.2 Å². The molecule has 0 atom stereocenters. The molecule has 0 saturated heterocycles. The molecular weight excluding hydrogens is 262 g/mol. The van der Waals surface area contributed by atoms with Crippen LogP contribution in [0.4, 0.5) is 5.82 Å². The summed E-state index contributed by atoms with van der Waals surface area (Å²) in [6.07, 6.45) is 1.37. The second kappa shape index (κ2) is 4.68. The Morgan fingerprint density at radius 3 is 2.47 bits per heavy atom. The minimum absolute atomic E-state index is 0.0155. The first-order valence-corrected chi connectivity index (χ1v) is 6.50. The van der Waals surface area contributed by atoms with Crippen molar-refractivity contribution >= 4 is 27.4 Å². The summed E-state index contributed by atoms with van der Waals surface area (Å²) in [7, 11) is -3.63. The third-order valence-electron chi connectivity index (χ3n) is 1.92. The van der Waals surface area contributed by atoms with Gasteiger partial charge in [-0.2, -0.15) is 4.98 Å². The number of hydrogen-bond donors (Lipinski definition) is 1. The first-order valence-electron chi connectivity index (χ1n) is 4.64. The predicted octanol–water partition coefficient (Wildman–Crippen LogP) is 1.93. The van der Waals surface area contributed by atoms with Crippen molar-refractivity contribution in [1.82, 2.24) is 9.97 Å². The Labute approximate surface area is 104 Å². The number of hydrogen-bond acceptors (Lipinski definition) is 4. The van der Waals surface area contributed by atoms with Crippen molar-refractivity contribution in [2.75, 3.05) is 4.72 Å². The molecule has 0 aliphatic rings. The van der Waals surface area contributed by atoms with Gasteiger partial charge in [-0.05, 0) is 29.8 Å². The molecule has 1 heterocycles. The van der Waals surface area contributed by atoms with E-state index < -0.39 is 10.0 Å². The van der Waals surface area contributed by atoms with Gasteiger partial charge in [-0.15, -0.1) is 0 Å². The quantitative estimate of drug-likeness (QED) is 0.864. The van der Waals surface area contributed by atoms with E-state index in [4.69, 9.17) is 11.6 Å². The van der Waals surface area contributed by atoms with Crippen LogP contribution in [-0.2, 0) is 10.0 Å². The first kappa shape index (κ1) is 11.8. The monoisotopic (exact) mass is 269 g/mol. The van der Waals surface area contributed by atoms with Crippen LogP contribution in [0.2, 0.25) is 5.28 Å². The highest BCUT2D eigenvalue weighted by molar-refractivity contribution is 7.92. The largest absolute Gasteiger partial charge is 0.263 e. The van der Waals surface area contributed by atoms with Crippen molar-refractivity contribution < 1.29 is 8.42 Å². The van der Waals surface area contributed by atoms with Crippen molar-refractivity contribution in [3.05, 3.63) is 47.9 Å². The summed E-state index contributed by atoms with van der Waals surface area (Å²) in [4.78, 5) is 7.57. The van der Waals surface area contributed by atoms with Crippen LogP contribution in [0, 0.1) is 0 Å². The molecule has 0 bridgehead atoms. The average molecular weight is 270 g/mol. The zero-order valence-corrected chi connectivity index (χ0v) is 10.1. The average Bonchev–Trinajstić information content (AvgIpc) is 2.29. The van der Waals surface area contributed by atoms with Crippen molar-refractivity contribution in [2.45, 2.75) is 4.90 Å². The summed E-state index contributed by atoms with van der Waals surface area (Å²) in [5.41, 5.74) is 0. The maximum atomic E-state index is 11.9. The Hall–Kier alpha value is -1.66. The van der Waals surface area contributed by atoms with Gasteiger partial charge in [0.15, 0.2) is 0 Å². The number of halogens is 1. The lowest BCUT2D eigenvalue weighted by atomic mass is 10.4. The van der Waals surface area contributed by atoms with E-state index in [1.165, 1.54) is 24.4 Å². The van der Waals surface area contributed by atoms with Crippen molar-refractivity contribution in [3.8, 4) is 0 Å². The van der Waals surface area contributed by atoms with E-state index in [0.717, 1.165) is 0 Å². The molecule has 2 rings (SSSR count). The van der Waals surface area contributed by atoms with Crippen LogP contribution in [0.15, 0.2) is 47.5 Å². The van der Waals surface area contributed by atoms with Crippen LogP contribution < -0.4 is 4.72 Å². The van der Waals surface area contributed by atoms with Crippen molar-refractivity contribution in [1.29, 1.82) is 0 Å². The van der Waals surface area contributed by atoms with E-state index in [2.05, 4.69) is 14.7 Å². The zero-order chi connectivity index (χ0) is 12.3. The Morgan fingerprint density at radius 2 is 1.82 bits per heavy atom. The topological polar surface area (TPSA) is 72.0 Å². The van der Waals surface area contributed by atoms with E-state index in [0.29, 0.717) is 0 Å². The second-order valence-corrected chi connectivity index (χ2v) is 5.15. The standard InChI is InChI=1S/C10H8ClN3O2S/c11-10-12-7-6-9(13-10)14-17(15,16)8-4-2-1-3-5-8/h1-7H,(H,12,13,14). The molecule has 7 heteroatoms. The van der Waals surface area contributed by atoms with Gasteiger partial charge in [-0.1, -0.05) is 18.2 Å². The molecule has 0 amide bonds. The maximum absolute atomic E-state index is 11.9. The molecule has 0 unspecified atom stereocenters. The molecule has 0 saturated carbocycles. The van der Waals surface area contributed by atoms with E-state index in [-0.39, 0.29) is 16.0 Å². The highest BCUT2D eigenvalue weighted by Crippen LogP contribution is 2.14. The van der Waals surface area contributed by atoms with Gasteiger partial charge in [0, 0.05) is 6.20 Å². The zero-order valence-electron chi connectivity index (χ0n) is 8.54. The summed E-state index contributed by atoms with van der Waals surface area (Å²) >= 11 is 5.56. The van der Waals surface area contributed by atoms with Gasteiger partial charge in [-0.25, -0.2) is 13.4 Å². The second-order valence-electron chi connectivity index (χ2n) is 3.13. The molecule has 0 radical (unpaired) electrons. The van der Waals surface area contributed by atoms with Gasteiger partial charge in [0.2, 0.25) is 5.28 Å². The fourth-order valence-corrected chi connectivity index (χ4v) is 2.36. The van der Waals surface area contributed by atoms with E-state index >= 15 is 0 Å². The number of nitrogens with one attached hydrogen (secondary N) is 1. The van der Waals surface area contributed by atoms with Crippen molar-refractivity contribution in [3.63, 3.8) is 0 Å². The first-order chi connectivity index (χ1) is 8.08. The summed E-state index contributed by atoms with van der Waals surface area (Å²) in [5.74, 6) is 0.133. The maximum Gasteiger partial charge on any atom is 0.263 e. The van der Waals surface area contributed by atoms with Gasteiger partial charge < -0.3 is 0 Å². The minimum Gasteiger partial charge on any atom is -0.263 e. The van der Waals surface area contributed by atoms with Crippen LogP contribution in [-0.4, -0.2) is 18.4 Å². The lowest BCUT2D eigenvalue weighted by Gasteiger charge is -2.06. The molecule has 5 nitrogen and oxygen atoms in total.